The van der Waals surface area contributed by atoms with Crippen molar-refractivity contribution in [2.24, 2.45) is 0 Å². The molecule has 2 rings (SSSR count). The largest absolute Gasteiger partial charge is 0.382 e. The summed E-state index contributed by atoms with van der Waals surface area (Å²) in [6, 6.07) is 7.71. The zero-order chi connectivity index (χ0) is 13.0. The average molecular weight is 311 g/mol. The van der Waals surface area contributed by atoms with Crippen LogP contribution < -0.4 is 0 Å². The fourth-order valence-corrected chi connectivity index (χ4v) is 3.00. The van der Waals surface area contributed by atoms with Gasteiger partial charge in [0.2, 0.25) is 0 Å². The van der Waals surface area contributed by atoms with Crippen LogP contribution in [0, 0.1) is 0 Å². The molecule has 2 nitrogen and oxygen atoms in total. The minimum absolute atomic E-state index is 0.0312. The van der Waals surface area contributed by atoms with Gasteiger partial charge in [-0.1, -0.05) is 59.8 Å². The number of benzene rings is 1. The molecule has 0 radical (unpaired) electrons. The summed E-state index contributed by atoms with van der Waals surface area (Å²) in [6.45, 7) is 0. The number of carbonyl (C=O) groups is 1. The average Bonchev–Trinajstić information content (AvgIpc) is 2.58. The quantitative estimate of drug-likeness (QED) is 0.865. The second kappa shape index (κ2) is 5.98. The van der Waals surface area contributed by atoms with Crippen LogP contribution in [0.1, 0.15) is 44.1 Å². The first-order valence-electron chi connectivity index (χ1n) is 6.61. The van der Waals surface area contributed by atoms with E-state index in [1.165, 1.54) is 0 Å². The molecule has 0 amide bonds. The maximum Gasteiger partial charge on any atom is 0.168 e. The highest BCUT2D eigenvalue weighted by molar-refractivity contribution is 9.10. The lowest BCUT2D eigenvalue weighted by Crippen LogP contribution is -2.39. The van der Waals surface area contributed by atoms with Crippen molar-refractivity contribution < 1.29 is 9.90 Å². The van der Waals surface area contributed by atoms with Gasteiger partial charge in [-0.15, -0.1) is 0 Å². The predicted octanol–water partition coefficient (Wildman–Crippen LogP) is 3.65. The Kier molecular flexibility index (Phi) is 4.57. The zero-order valence-electron chi connectivity index (χ0n) is 10.5. The highest BCUT2D eigenvalue weighted by Gasteiger charge is 2.35. The van der Waals surface area contributed by atoms with Crippen LogP contribution in [-0.4, -0.2) is 16.5 Å². The molecule has 0 saturated heterocycles. The number of carbonyl (C=O) groups excluding carboxylic acids is 1. The molecule has 0 unspecified atom stereocenters. The lowest BCUT2D eigenvalue weighted by atomic mass is 9.86. The summed E-state index contributed by atoms with van der Waals surface area (Å²) in [4.78, 5) is 12.3. The van der Waals surface area contributed by atoms with Crippen LogP contribution in [0.4, 0.5) is 0 Å². The van der Waals surface area contributed by atoms with Crippen LogP contribution in [0.25, 0.3) is 0 Å². The summed E-state index contributed by atoms with van der Waals surface area (Å²) in [5.41, 5.74) is -0.133. The maximum atomic E-state index is 12.3. The van der Waals surface area contributed by atoms with Gasteiger partial charge in [0.15, 0.2) is 5.78 Å². The van der Waals surface area contributed by atoms with Crippen LogP contribution in [-0.2, 0) is 11.2 Å². The van der Waals surface area contributed by atoms with Crippen molar-refractivity contribution in [3.8, 4) is 0 Å². The number of ketones is 1. The summed E-state index contributed by atoms with van der Waals surface area (Å²) in [5, 5.41) is 10.5. The fraction of sp³-hybridized carbons (Fsp3) is 0.533. The van der Waals surface area contributed by atoms with E-state index in [0.29, 0.717) is 19.3 Å². The Morgan fingerprint density at radius 1 is 1.17 bits per heavy atom. The summed E-state index contributed by atoms with van der Waals surface area (Å²) < 4.78 is 0.940. The van der Waals surface area contributed by atoms with Gasteiger partial charge in [-0.25, -0.2) is 0 Å². The second-order valence-corrected chi connectivity index (χ2v) is 5.99. The Morgan fingerprint density at radius 2 is 1.78 bits per heavy atom. The van der Waals surface area contributed by atoms with Crippen molar-refractivity contribution in [3.05, 3.63) is 34.3 Å². The van der Waals surface area contributed by atoms with Crippen LogP contribution in [0.5, 0.6) is 0 Å². The Hall–Kier alpha value is -0.670. The minimum Gasteiger partial charge on any atom is -0.382 e. The third-order valence-electron chi connectivity index (χ3n) is 3.76. The van der Waals surface area contributed by atoms with E-state index in [1.807, 2.05) is 24.3 Å². The number of aliphatic hydroxyl groups is 1. The van der Waals surface area contributed by atoms with Crippen molar-refractivity contribution in [1.82, 2.24) is 0 Å². The molecule has 98 valence electrons. The van der Waals surface area contributed by atoms with Crippen molar-refractivity contribution in [1.29, 1.82) is 0 Å². The number of hydrogen-bond acceptors (Lipinski definition) is 2. The molecule has 1 fully saturated rings. The van der Waals surface area contributed by atoms with Crippen LogP contribution in [0.3, 0.4) is 0 Å². The Morgan fingerprint density at radius 3 is 2.39 bits per heavy atom. The molecule has 0 atom stereocenters. The summed E-state index contributed by atoms with van der Waals surface area (Å²) in [7, 11) is 0. The number of rotatable bonds is 3. The van der Waals surface area contributed by atoms with Crippen LogP contribution >= 0.6 is 15.9 Å². The van der Waals surface area contributed by atoms with Gasteiger partial charge in [0.05, 0.1) is 0 Å². The molecule has 1 aromatic carbocycles. The highest BCUT2D eigenvalue weighted by Crippen LogP contribution is 2.29. The van der Waals surface area contributed by atoms with E-state index in [2.05, 4.69) is 15.9 Å². The van der Waals surface area contributed by atoms with E-state index in [0.717, 1.165) is 35.7 Å². The number of halogens is 1. The summed E-state index contributed by atoms with van der Waals surface area (Å²) in [5.74, 6) is -0.0312. The predicted molar refractivity (Wildman–Crippen MR) is 75.5 cm³/mol. The molecule has 18 heavy (non-hydrogen) atoms. The number of hydrogen-bond donors (Lipinski definition) is 1. The Balaban J connectivity index is 2.09. The van der Waals surface area contributed by atoms with Gasteiger partial charge in [-0.05, 0) is 24.5 Å². The first-order valence-corrected chi connectivity index (χ1v) is 7.40. The smallest absolute Gasteiger partial charge is 0.168 e. The van der Waals surface area contributed by atoms with Crippen molar-refractivity contribution >= 4 is 21.7 Å². The van der Waals surface area contributed by atoms with E-state index in [9.17, 15) is 9.90 Å². The minimum atomic E-state index is -1.09. The molecule has 0 spiro atoms. The van der Waals surface area contributed by atoms with E-state index in [4.69, 9.17) is 0 Å². The molecule has 1 aromatic rings. The molecule has 0 aromatic heterocycles. The summed E-state index contributed by atoms with van der Waals surface area (Å²) >= 11 is 3.45. The van der Waals surface area contributed by atoms with Crippen molar-refractivity contribution in [3.63, 3.8) is 0 Å². The van der Waals surface area contributed by atoms with Gasteiger partial charge in [-0.3, -0.25) is 4.79 Å². The van der Waals surface area contributed by atoms with Gasteiger partial charge < -0.3 is 5.11 Å². The third kappa shape index (κ3) is 3.21. The molecule has 1 aliphatic carbocycles. The molecular weight excluding hydrogens is 292 g/mol. The molecule has 3 heteroatoms. The van der Waals surface area contributed by atoms with Gasteiger partial charge in [-0.2, -0.15) is 0 Å². The van der Waals surface area contributed by atoms with Crippen LogP contribution in [0.15, 0.2) is 28.7 Å². The monoisotopic (exact) mass is 310 g/mol. The molecule has 1 aliphatic rings. The first kappa shape index (κ1) is 13.8. The van der Waals surface area contributed by atoms with Crippen LogP contribution in [0.2, 0.25) is 0 Å². The van der Waals surface area contributed by atoms with E-state index in [1.54, 1.807) is 0 Å². The number of Topliss-reactive ketones (excluding diaryl/α,β-unsaturated/α-hetero) is 1. The molecule has 0 bridgehead atoms. The standard InChI is InChI=1S/C15H19BrO2/c16-13-8-4-3-7-12(13)11-14(17)15(18)9-5-1-2-6-10-15/h3-4,7-8,18H,1-2,5-6,9-11H2. The SMILES string of the molecule is O=C(Cc1ccccc1Br)C1(O)CCCCCC1. The van der Waals surface area contributed by atoms with Gasteiger partial charge in [0.25, 0.3) is 0 Å². The molecule has 1 saturated carbocycles. The first-order chi connectivity index (χ1) is 8.62. The Labute approximate surface area is 117 Å². The van der Waals surface area contributed by atoms with E-state index >= 15 is 0 Å². The lowest BCUT2D eigenvalue weighted by molar-refractivity contribution is -0.138. The molecular formula is C15H19BrO2. The van der Waals surface area contributed by atoms with E-state index in [-0.39, 0.29) is 5.78 Å². The third-order valence-corrected chi connectivity index (χ3v) is 4.53. The maximum absolute atomic E-state index is 12.3. The Bertz CT molecular complexity index is 420. The highest BCUT2D eigenvalue weighted by atomic mass is 79.9. The van der Waals surface area contributed by atoms with Gasteiger partial charge in [0.1, 0.15) is 5.60 Å². The second-order valence-electron chi connectivity index (χ2n) is 5.14. The normalized spacial score (nSPS) is 19.2. The topological polar surface area (TPSA) is 37.3 Å². The van der Waals surface area contributed by atoms with E-state index < -0.39 is 5.60 Å². The van der Waals surface area contributed by atoms with Gasteiger partial charge >= 0.3 is 0 Å². The fourth-order valence-electron chi connectivity index (χ4n) is 2.57. The van der Waals surface area contributed by atoms with Crippen molar-refractivity contribution in [2.75, 3.05) is 0 Å². The zero-order valence-corrected chi connectivity index (χ0v) is 12.1. The summed E-state index contributed by atoms with van der Waals surface area (Å²) in [6.07, 6.45) is 5.73. The lowest BCUT2D eigenvalue weighted by Gasteiger charge is -2.25. The molecule has 0 heterocycles. The van der Waals surface area contributed by atoms with Gasteiger partial charge in [0, 0.05) is 10.9 Å². The molecule has 1 N–H and O–H groups in total. The van der Waals surface area contributed by atoms with Crippen molar-refractivity contribution in [2.45, 2.75) is 50.5 Å². The molecule has 0 aliphatic heterocycles.